The van der Waals surface area contributed by atoms with Crippen LogP contribution in [0.5, 0.6) is 11.5 Å². The van der Waals surface area contributed by atoms with Crippen molar-refractivity contribution in [1.29, 1.82) is 0 Å². The van der Waals surface area contributed by atoms with Gasteiger partial charge in [-0.1, -0.05) is 29.8 Å². The molecule has 30 heavy (non-hydrogen) atoms. The highest BCUT2D eigenvalue weighted by atomic mass is 35.5. The summed E-state index contributed by atoms with van der Waals surface area (Å²) in [5.74, 6) is 0.137. The number of phenolic OH excluding ortho intramolecular Hbond substituents is 1. The summed E-state index contributed by atoms with van der Waals surface area (Å²) in [5, 5.41) is 13.4. The first kappa shape index (κ1) is 19.5. The number of anilines is 1. The van der Waals surface area contributed by atoms with Crippen molar-refractivity contribution < 1.29 is 19.1 Å². The van der Waals surface area contributed by atoms with Crippen molar-refractivity contribution in [1.82, 2.24) is 0 Å². The first-order valence-electron chi connectivity index (χ1n) is 8.97. The summed E-state index contributed by atoms with van der Waals surface area (Å²) >= 11 is 6.04. The van der Waals surface area contributed by atoms with Gasteiger partial charge in [-0.3, -0.25) is 9.59 Å². The molecule has 0 aliphatic heterocycles. The molecule has 0 saturated heterocycles. The van der Waals surface area contributed by atoms with Crippen LogP contribution in [0.4, 0.5) is 5.69 Å². The van der Waals surface area contributed by atoms with Crippen molar-refractivity contribution >= 4 is 34.2 Å². The molecule has 0 unspecified atom stereocenters. The Hall–Kier alpha value is -3.77. The number of methoxy groups -OCH3 is 1. The van der Waals surface area contributed by atoms with E-state index in [1.807, 2.05) is 0 Å². The Bertz CT molecular complexity index is 1330. The largest absolute Gasteiger partial charge is 0.507 e. The number of amides is 1. The third-order valence-corrected chi connectivity index (χ3v) is 4.78. The first-order valence-corrected chi connectivity index (χ1v) is 9.35. The molecule has 0 radical (unpaired) electrons. The molecule has 6 nitrogen and oxygen atoms in total. The predicted octanol–water partition coefficient (Wildman–Crippen LogP) is 5.08. The van der Waals surface area contributed by atoms with Crippen molar-refractivity contribution in [3.8, 4) is 22.8 Å². The highest BCUT2D eigenvalue weighted by Crippen LogP contribution is 2.33. The zero-order valence-electron chi connectivity index (χ0n) is 15.8. The number of fused-ring (bicyclic) bond motifs is 1. The summed E-state index contributed by atoms with van der Waals surface area (Å²) in [7, 11) is 1.51. The van der Waals surface area contributed by atoms with Crippen molar-refractivity contribution in [3.05, 3.63) is 87.5 Å². The molecule has 1 amide bonds. The number of ether oxygens (including phenoxy) is 1. The van der Waals surface area contributed by atoms with Crippen LogP contribution in [0.3, 0.4) is 0 Å². The first-order chi connectivity index (χ1) is 14.5. The van der Waals surface area contributed by atoms with Gasteiger partial charge >= 0.3 is 0 Å². The molecule has 0 bridgehead atoms. The van der Waals surface area contributed by atoms with Crippen molar-refractivity contribution in [2.45, 2.75) is 0 Å². The number of carbonyl (C=O) groups excluding carboxylic acids is 1. The fourth-order valence-corrected chi connectivity index (χ4v) is 3.28. The summed E-state index contributed by atoms with van der Waals surface area (Å²) in [6.45, 7) is 0. The molecule has 3 aromatic carbocycles. The van der Waals surface area contributed by atoms with Crippen LogP contribution in [0, 0.1) is 0 Å². The second-order valence-electron chi connectivity index (χ2n) is 6.51. The number of carbonyl (C=O) groups is 1. The Labute approximate surface area is 176 Å². The molecule has 2 N–H and O–H groups in total. The maximum absolute atomic E-state index is 12.7. The number of aromatic hydroxyl groups is 1. The summed E-state index contributed by atoms with van der Waals surface area (Å²) in [4.78, 5) is 25.4. The summed E-state index contributed by atoms with van der Waals surface area (Å²) in [6, 6.07) is 17.6. The number of nitrogens with one attached hydrogen (secondary N) is 1. The fraction of sp³-hybridized carbons (Fsp3) is 0.0435. The normalized spacial score (nSPS) is 10.7. The van der Waals surface area contributed by atoms with E-state index < -0.39 is 11.3 Å². The molecule has 4 rings (SSSR count). The Kier molecular flexibility index (Phi) is 5.16. The van der Waals surface area contributed by atoms with E-state index in [0.717, 1.165) is 0 Å². The third kappa shape index (κ3) is 3.73. The maximum atomic E-state index is 12.7. The van der Waals surface area contributed by atoms with E-state index in [0.29, 0.717) is 21.9 Å². The quantitative estimate of drug-likeness (QED) is 0.448. The van der Waals surface area contributed by atoms with Crippen LogP contribution >= 0.6 is 11.6 Å². The molecule has 1 aromatic heterocycles. The van der Waals surface area contributed by atoms with E-state index in [-0.39, 0.29) is 28.2 Å². The molecule has 0 atom stereocenters. The smallest absolute Gasteiger partial charge is 0.255 e. The summed E-state index contributed by atoms with van der Waals surface area (Å²) < 4.78 is 11.1. The second kappa shape index (κ2) is 7.93. The Morgan fingerprint density at radius 3 is 2.63 bits per heavy atom. The average molecular weight is 422 g/mol. The SMILES string of the molecule is COc1cccc(C(=O)Nc2ccc(O)c3c(=O)cc(-c4cccc(Cl)c4)oc23)c1. The van der Waals surface area contributed by atoms with Gasteiger partial charge in [0.1, 0.15) is 22.6 Å². The van der Waals surface area contributed by atoms with Crippen LogP contribution in [-0.4, -0.2) is 18.1 Å². The lowest BCUT2D eigenvalue weighted by Gasteiger charge is -2.11. The van der Waals surface area contributed by atoms with Crippen LogP contribution < -0.4 is 15.5 Å². The lowest BCUT2D eigenvalue weighted by atomic mass is 10.1. The van der Waals surface area contributed by atoms with Gasteiger partial charge in [0.2, 0.25) is 0 Å². The van der Waals surface area contributed by atoms with Gasteiger partial charge in [-0.25, -0.2) is 0 Å². The standard InChI is InChI=1S/C23H16ClNO5/c1-29-16-7-3-5-14(11-16)23(28)25-17-8-9-18(26)21-19(27)12-20(30-22(17)21)13-4-2-6-15(24)10-13/h2-12,26H,1H3,(H,25,28). The predicted molar refractivity (Wildman–Crippen MR) is 116 cm³/mol. The summed E-state index contributed by atoms with van der Waals surface area (Å²) in [6.07, 6.45) is 0. The molecular weight excluding hydrogens is 406 g/mol. The van der Waals surface area contributed by atoms with Crippen molar-refractivity contribution in [2.75, 3.05) is 12.4 Å². The minimum Gasteiger partial charge on any atom is -0.507 e. The molecule has 0 saturated carbocycles. The topological polar surface area (TPSA) is 88.8 Å². The zero-order chi connectivity index (χ0) is 21.3. The molecule has 0 aliphatic rings. The lowest BCUT2D eigenvalue weighted by molar-refractivity contribution is 0.102. The van der Waals surface area contributed by atoms with E-state index in [4.69, 9.17) is 20.8 Å². The van der Waals surface area contributed by atoms with Crippen LogP contribution in [-0.2, 0) is 0 Å². The molecule has 0 aliphatic carbocycles. The monoisotopic (exact) mass is 421 g/mol. The Morgan fingerprint density at radius 1 is 1.07 bits per heavy atom. The van der Waals surface area contributed by atoms with E-state index in [1.165, 1.54) is 25.3 Å². The minimum absolute atomic E-state index is 0.0239. The lowest BCUT2D eigenvalue weighted by Crippen LogP contribution is -2.13. The third-order valence-electron chi connectivity index (χ3n) is 4.55. The molecule has 0 fully saturated rings. The fourth-order valence-electron chi connectivity index (χ4n) is 3.09. The number of phenols is 1. The molecule has 150 valence electrons. The van der Waals surface area contributed by atoms with Crippen LogP contribution in [0.1, 0.15) is 10.4 Å². The van der Waals surface area contributed by atoms with E-state index in [2.05, 4.69) is 5.32 Å². The van der Waals surface area contributed by atoms with E-state index >= 15 is 0 Å². The molecular formula is C23H16ClNO5. The molecule has 7 heteroatoms. The Balaban J connectivity index is 1.82. The van der Waals surface area contributed by atoms with Crippen LogP contribution in [0.15, 0.2) is 75.9 Å². The second-order valence-corrected chi connectivity index (χ2v) is 6.94. The zero-order valence-corrected chi connectivity index (χ0v) is 16.6. The molecule has 0 spiro atoms. The van der Waals surface area contributed by atoms with Crippen molar-refractivity contribution in [3.63, 3.8) is 0 Å². The molecule has 4 aromatic rings. The number of hydrogen-bond donors (Lipinski definition) is 2. The van der Waals surface area contributed by atoms with Gasteiger partial charge in [-0.15, -0.1) is 0 Å². The van der Waals surface area contributed by atoms with Gasteiger partial charge in [-0.2, -0.15) is 0 Å². The number of benzene rings is 3. The van der Waals surface area contributed by atoms with Gasteiger partial charge in [0.05, 0.1) is 12.8 Å². The minimum atomic E-state index is -0.443. The van der Waals surface area contributed by atoms with Gasteiger partial charge in [-0.05, 0) is 42.5 Å². The van der Waals surface area contributed by atoms with Gasteiger partial charge in [0, 0.05) is 22.2 Å². The number of hydrogen-bond acceptors (Lipinski definition) is 5. The van der Waals surface area contributed by atoms with E-state index in [1.54, 1.807) is 48.5 Å². The highest BCUT2D eigenvalue weighted by molar-refractivity contribution is 6.30. The van der Waals surface area contributed by atoms with E-state index in [9.17, 15) is 14.7 Å². The van der Waals surface area contributed by atoms with Gasteiger partial charge in [0.15, 0.2) is 11.0 Å². The Morgan fingerprint density at radius 2 is 1.87 bits per heavy atom. The number of halogens is 1. The summed E-state index contributed by atoms with van der Waals surface area (Å²) in [5.41, 5.74) is 0.824. The average Bonchev–Trinajstić information content (AvgIpc) is 2.75. The van der Waals surface area contributed by atoms with Gasteiger partial charge in [0.25, 0.3) is 5.91 Å². The molecule has 1 heterocycles. The van der Waals surface area contributed by atoms with Crippen LogP contribution in [0.25, 0.3) is 22.3 Å². The highest BCUT2D eigenvalue weighted by Gasteiger charge is 2.17. The maximum Gasteiger partial charge on any atom is 0.255 e. The van der Waals surface area contributed by atoms with Crippen molar-refractivity contribution in [2.24, 2.45) is 0 Å². The van der Waals surface area contributed by atoms with Crippen LogP contribution in [0.2, 0.25) is 5.02 Å². The van der Waals surface area contributed by atoms with Gasteiger partial charge < -0.3 is 19.6 Å². The number of rotatable bonds is 4.